The van der Waals surface area contributed by atoms with Crippen LogP contribution in [-0.2, 0) is 9.53 Å². The first-order chi connectivity index (χ1) is 8.99. The summed E-state index contributed by atoms with van der Waals surface area (Å²) in [7, 11) is 2.01. The minimum atomic E-state index is -0.633. The van der Waals surface area contributed by atoms with E-state index in [1.807, 2.05) is 14.0 Å². The summed E-state index contributed by atoms with van der Waals surface area (Å²) in [4.78, 5) is 13.8. The van der Waals surface area contributed by atoms with Crippen molar-refractivity contribution in [3.05, 3.63) is 0 Å². The summed E-state index contributed by atoms with van der Waals surface area (Å²) in [6, 6.07) is 0.469. The normalized spacial score (nSPS) is 22.5. The maximum atomic E-state index is 11.6. The van der Waals surface area contributed by atoms with E-state index >= 15 is 0 Å². The van der Waals surface area contributed by atoms with Crippen molar-refractivity contribution in [2.24, 2.45) is 11.7 Å². The number of carbonyl (C=O) groups excluding carboxylic acids is 1. The highest BCUT2D eigenvalue weighted by molar-refractivity contribution is 5.84. The molecule has 0 aromatic carbocycles. The quantitative estimate of drug-likeness (QED) is 0.561. The zero-order valence-electron chi connectivity index (χ0n) is 12.2. The summed E-state index contributed by atoms with van der Waals surface area (Å²) in [6.07, 6.45) is 4.94. The molecule has 0 heterocycles. The first kappa shape index (κ1) is 14.8. The SMILES string of the molecule is CN(CCOCC1CC1)CC(C)(NC1CC1)C(N)=O. The fourth-order valence-electron chi connectivity index (χ4n) is 2.25. The predicted octanol–water partition coefficient (Wildman–Crippen LogP) is 0.341. The highest BCUT2D eigenvalue weighted by Crippen LogP contribution is 2.28. The minimum Gasteiger partial charge on any atom is -0.380 e. The minimum absolute atomic E-state index is 0.273. The van der Waals surface area contributed by atoms with Crippen LogP contribution in [0.4, 0.5) is 0 Å². The van der Waals surface area contributed by atoms with E-state index in [-0.39, 0.29) is 5.91 Å². The molecular weight excluding hydrogens is 242 g/mol. The second-order valence-corrected chi connectivity index (χ2v) is 6.37. The van der Waals surface area contributed by atoms with E-state index in [1.165, 1.54) is 12.8 Å². The number of carbonyl (C=O) groups is 1. The maximum absolute atomic E-state index is 11.6. The lowest BCUT2D eigenvalue weighted by atomic mass is 10.0. The van der Waals surface area contributed by atoms with Gasteiger partial charge in [-0.2, -0.15) is 0 Å². The number of nitrogens with two attached hydrogens (primary N) is 1. The molecule has 0 aromatic heterocycles. The summed E-state index contributed by atoms with van der Waals surface area (Å²) in [5.74, 6) is 0.530. The van der Waals surface area contributed by atoms with Gasteiger partial charge in [-0.1, -0.05) is 0 Å². The summed E-state index contributed by atoms with van der Waals surface area (Å²) < 4.78 is 5.62. The first-order valence-electron chi connectivity index (χ1n) is 7.33. The topological polar surface area (TPSA) is 67.6 Å². The Labute approximate surface area is 115 Å². The lowest BCUT2D eigenvalue weighted by Crippen LogP contribution is -2.60. The fourth-order valence-corrected chi connectivity index (χ4v) is 2.25. The van der Waals surface area contributed by atoms with Gasteiger partial charge in [0.1, 0.15) is 5.54 Å². The Balaban J connectivity index is 1.67. The van der Waals surface area contributed by atoms with E-state index in [4.69, 9.17) is 10.5 Å². The number of amides is 1. The average molecular weight is 269 g/mol. The van der Waals surface area contributed by atoms with Crippen LogP contribution < -0.4 is 11.1 Å². The number of nitrogens with zero attached hydrogens (tertiary/aromatic N) is 1. The van der Waals surface area contributed by atoms with E-state index in [0.717, 1.165) is 38.5 Å². The monoisotopic (exact) mass is 269 g/mol. The van der Waals surface area contributed by atoms with Crippen molar-refractivity contribution < 1.29 is 9.53 Å². The van der Waals surface area contributed by atoms with E-state index in [1.54, 1.807) is 0 Å². The van der Waals surface area contributed by atoms with E-state index in [0.29, 0.717) is 12.6 Å². The molecule has 0 bridgehead atoms. The summed E-state index contributed by atoms with van der Waals surface area (Å²) >= 11 is 0. The van der Waals surface area contributed by atoms with Gasteiger partial charge in [-0.3, -0.25) is 10.1 Å². The molecule has 3 N–H and O–H groups in total. The van der Waals surface area contributed by atoms with E-state index in [2.05, 4.69) is 10.2 Å². The number of ether oxygens (including phenoxy) is 1. The fraction of sp³-hybridized carbons (Fsp3) is 0.929. The van der Waals surface area contributed by atoms with Gasteiger partial charge < -0.3 is 15.4 Å². The van der Waals surface area contributed by atoms with E-state index < -0.39 is 5.54 Å². The van der Waals surface area contributed by atoms with Gasteiger partial charge in [0.05, 0.1) is 6.61 Å². The van der Waals surface area contributed by atoms with Crippen molar-refractivity contribution in [1.82, 2.24) is 10.2 Å². The number of hydrogen-bond acceptors (Lipinski definition) is 4. The Kier molecular flexibility index (Phi) is 4.81. The Morgan fingerprint density at radius 3 is 2.63 bits per heavy atom. The molecule has 0 aromatic rings. The molecule has 5 nitrogen and oxygen atoms in total. The van der Waals surface area contributed by atoms with Gasteiger partial charge in [0.2, 0.25) is 5.91 Å². The molecule has 2 aliphatic rings. The number of hydrogen-bond donors (Lipinski definition) is 2. The molecule has 1 unspecified atom stereocenters. The third-order valence-corrected chi connectivity index (χ3v) is 3.90. The van der Waals surface area contributed by atoms with Crippen molar-refractivity contribution in [1.29, 1.82) is 0 Å². The van der Waals surface area contributed by atoms with Crippen LogP contribution in [0.5, 0.6) is 0 Å². The Bertz CT molecular complexity index is 316. The standard InChI is InChI=1S/C14H27N3O2/c1-14(13(15)18,16-12-5-6-12)10-17(2)7-8-19-9-11-3-4-11/h11-12,16H,3-10H2,1-2H3,(H2,15,18). The molecule has 1 atom stereocenters. The van der Waals surface area contributed by atoms with E-state index in [9.17, 15) is 4.79 Å². The summed E-state index contributed by atoms with van der Waals surface area (Å²) in [5, 5.41) is 3.36. The average Bonchev–Trinajstić information content (AvgIpc) is 3.18. The van der Waals surface area contributed by atoms with Gasteiger partial charge in [0, 0.05) is 25.7 Å². The van der Waals surface area contributed by atoms with Crippen molar-refractivity contribution in [2.45, 2.75) is 44.2 Å². The molecule has 0 spiro atoms. The van der Waals surface area contributed by atoms with Gasteiger partial charge in [-0.05, 0) is 45.6 Å². The number of rotatable bonds is 10. The molecule has 0 saturated heterocycles. The van der Waals surface area contributed by atoms with Crippen molar-refractivity contribution >= 4 is 5.91 Å². The van der Waals surface area contributed by atoms with Crippen LogP contribution in [0.25, 0.3) is 0 Å². The van der Waals surface area contributed by atoms with Crippen LogP contribution in [0.2, 0.25) is 0 Å². The van der Waals surface area contributed by atoms with Crippen LogP contribution >= 0.6 is 0 Å². The van der Waals surface area contributed by atoms with Crippen LogP contribution in [0.15, 0.2) is 0 Å². The summed E-state index contributed by atoms with van der Waals surface area (Å²) in [6.45, 7) is 4.98. The van der Waals surface area contributed by atoms with Crippen LogP contribution in [0.1, 0.15) is 32.6 Å². The molecule has 110 valence electrons. The Morgan fingerprint density at radius 1 is 1.42 bits per heavy atom. The van der Waals surface area contributed by atoms with Gasteiger partial charge >= 0.3 is 0 Å². The lowest BCUT2D eigenvalue weighted by Gasteiger charge is -2.32. The Hall–Kier alpha value is -0.650. The smallest absolute Gasteiger partial charge is 0.238 e. The number of nitrogens with one attached hydrogen (secondary N) is 1. The molecule has 0 radical (unpaired) electrons. The van der Waals surface area contributed by atoms with Gasteiger partial charge in [0.15, 0.2) is 0 Å². The second kappa shape index (κ2) is 6.20. The molecular formula is C14H27N3O2. The lowest BCUT2D eigenvalue weighted by molar-refractivity contribution is -0.124. The Morgan fingerprint density at radius 2 is 2.11 bits per heavy atom. The molecule has 1 amide bonds. The molecule has 0 aliphatic heterocycles. The first-order valence-corrected chi connectivity index (χ1v) is 7.33. The van der Waals surface area contributed by atoms with Crippen molar-refractivity contribution in [3.63, 3.8) is 0 Å². The molecule has 2 fully saturated rings. The largest absolute Gasteiger partial charge is 0.380 e. The second-order valence-electron chi connectivity index (χ2n) is 6.37. The summed E-state index contributed by atoms with van der Waals surface area (Å²) in [5.41, 5.74) is 4.91. The van der Waals surface area contributed by atoms with Gasteiger partial charge in [-0.25, -0.2) is 0 Å². The zero-order valence-corrected chi connectivity index (χ0v) is 12.2. The molecule has 2 saturated carbocycles. The molecule has 2 rings (SSSR count). The third-order valence-electron chi connectivity index (χ3n) is 3.90. The van der Waals surface area contributed by atoms with Gasteiger partial charge in [-0.15, -0.1) is 0 Å². The maximum Gasteiger partial charge on any atom is 0.238 e. The van der Waals surface area contributed by atoms with Gasteiger partial charge in [0.25, 0.3) is 0 Å². The highest BCUT2D eigenvalue weighted by atomic mass is 16.5. The number of primary amides is 1. The third kappa shape index (κ3) is 5.09. The van der Waals surface area contributed by atoms with Crippen LogP contribution in [0.3, 0.4) is 0 Å². The number of likely N-dealkylation sites (N-methyl/N-ethyl adjacent to an activating group) is 1. The molecule has 19 heavy (non-hydrogen) atoms. The van der Waals surface area contributed by atoms with Crippen LogP contribution in [-0.4, -0.2) is 55.7 Å². The highest BCUT2D eigenvalue weighted by Gasteiger charge is 2.37. The van der Waals surface area contributed by atoms with Crippen LogP contribution in [0, 0.1) is 5.92 Å². The molecule has 2 aliphatic carbocycles. The van der Waals surface area contributed by atoms with Crippen molar-refractivity contribution in [3.8, 4) is 0 Å². The van der Waals surface area contributed by atoms with Crippen molar-refractivity contribution in [2.75, 3.05) is 33.4 Å². The zero-order chi connectivity index (χ0) is 13.9. The molecule has 5 heteroatoms. The predicted molar refractivity (Wildman–Crippen MR) is 74.8 cm³/mol.